The zero-order valence-corrected chi connectivity index (χ0v) is 15.6. The molecule has 0 aliphatic heterocycles. The molecular formula is C19H22N2O3S. The van der Waals surface area contributed by atoms with Gasteiger partial charge in [0.2, 0.25) is 0 Å². The van der Waals surface area contributed by atoms with Crippen molar-refractivity contribution in [3.8, 4) is 11.8 Å². The number of hydrogen-bond acceptors (Lipinski definition) is 5. The number of rotatable bonds is 3. The van der Waals surface area contributed by atoms with Crippen LogP contribution in [0.1, 0.15) is 58.6 Å². The Morgan fingerprint density at radius 2 is 2.16 bits per heavy atom. The summed E-state index contributed by atoms with van der Waals surface area (Å²) in [5, 5.41) is 10.6. The van der Waals surface area contributed by atoms with Crippen LogP contribution < -0.4 is 0 Å². The Morgan fingerprint density at radius 3 is 2.88 bits per heavy atom. The van der Waals surface area contributed by atoms with Crippen molar-refractivity contribution in [2.75, 3.05) is 7.05 Å². The summed E-state index contributed by atoms with van der Waals surface area (Å²) < 4.78 is 5.49. The fraction of sp³-hybridized carbons (Fsp3) is 0.474. The van der Waals surface area contributed by atoms with E-state index in [-0.39, 0.29) is 11.7 Å². The van der Waals surface area contributed by atoms with Crippen LogP contribution in [0.3, 0.4) is 0 Å². The molecule has 3 rings (SSSR count). The molecule has 2 aromatic heterocycles. The molecule has 0 saturated heterocycles. The highest BCUT2D eigenvalue weighted by molar-refractivity contribution is 7.11. The molecule has 132 valence electrons. The number of furan rings is 1. The Morgan fingerprint density at radius 1 is 1.40 bits per heavy atom. The standard InChI is InChI=1S/C19H22N2O3S/c1-19(2,23)11-10-13-8-9-15(24-13)18(22)21(3)12-17-20-14-6-4-5-7-16(14)25-17/h8-9,23H,4-7,12H2,1-3H3. The summed E-state index contributed by atoms with van der Waals surface area (Å²) in [5.41, 5.74) is 0.104. The average Bonchev–Trinajstić information content (AvgIpc) is 3.17. The summed E-state index contributed by atoms with van der Waals surface area (Å²) in [6.45, 7) is 3.66. The summed E-state index contributed by atoms with van der Waals surface area (Å²) in [6, 6.07) is 3.25. The summed E-state index contributed by atoms with van der Waals surface area (Å²) in [4.78, 5) is 20.2. The average molecular weight is 358 g/mol. The first kappa shape index (κ1) is 17.7. The molecule has 0 aromatic carbocycles. The monoisotopic (exact) mass is 358 g/mol. The summed E-state index contributed by atoms with van der Waals surface area (Å²) in [7, 11) is 1.74. The molecular weight excluding hydrogens is 336 g/mol. The van der Waals surface area contributed by atoms with Crippen molar-refractivity contribution >= 4 is 17.2 Å². The largest absolute Gasteiger partial charge is 0.443 e. The minimum Gasteiger partial charge on any atom is -0.443 e. The van der Waals surface area contributed by atoms with Gasteiger partial charge in [0.1, 0.15) is 10.6 Å². The second-order valence-corrected chi connectivity index (χ2v) is 7.99. The van der Waals surface area contributed by atoms with Gasteiger partial charge in [-0.05, 0) is 57.6 Å². The van der Waals surface area contributed by atoms with Crippen molar-refractivity contribution in [2.45, 2.75) is 51.7 Å². The molecule has 25 heavy (non-hydrogen) atoms. The van der Waals surface area contributed by atoms with Crippen molar-refractivity contribution in [1.29, 1.82) is 0 Å². The van der Waals surface area contributed by atoms with Crippen molar-refractivity contribution in [3.63, 3.8) is 0 Å². The molecule has 1 amide bonds. The van der Waals surface area contributed by atoms with E-state index in [1.807, 2.05) is 0 Å². The maximum absolute atomic E-state index is 12.5. The minimum absolute atomic E-state index is 0.204. The molecule has 0 atom stereocenters. The van der Waals surface area contributed by atoms with Gasteiger partial charge in [-0.25, -0.2) is 4.98 Å². The molecule has 0 bridgehead atoms. The van der Waals surface area contributed by atoms with Gasteiger partial charge in [-0.15, -0.1) is 11.3 Å². The van der Waals surface area contributed by atoms with E-state index in [1.165, 1.54) is 23.4 Å². The van der Waals surface area contributed by atoms with Gasteiger partial charge in [0.05, 0.1) is 12.2 Å². The molecule has 1 N–H and O–H groups in total. The van der Waals surface area contributed by atoms with E-state index in [2.05, 4.69) is 16.8 Å². The van der Waals surface area contributed by atoms with Gasteiger partial charge in [0.15, 0.2) is 11.5 Å². The van der Waals surface area contributed by atoms with Gasteiger partial charge >= 0.3 is 0 Å². The first-order valence-electron chi connectivity index (χ1n) is 8.40. The van der Waals surface area contributed by atoms with Gasteiger partial charge in [0, 0.05) is 11.9 Å². The third-order valence-electron chi connectivity index (χ3n) is 3.92. The number of nitrogens with zero attached hydrogens (tertiary/aromatic N) is 2. The van der Waals surface area contributed by atoms with E-state index in [1.54, 1.807) is 49.3 Å². The van der Waals surface area contributed by atoms with Crippen LogP contribution in [-0.4, -0.2) is 33.5 Å². The first-order chi connectivity index (χ1) is 11.8. The molecule has 0 saturated carbocycles. The van der Waals surface area contributed by atoms with Crippen LogP contribution in [0.4, 0.5) is 0 Å². The van der Waals surface area contributed by atoms with E-state index < -0.39 is 5.60 Å². The van der Waals surface area contributed by atoms with E-state index in [9.17, 15) is 9.90 Å². The van der Waals surface area contributed by atoms with Crippen molar-refractivity contribution < 1.29 is 14.3 Å². The number of thiazole rings is 1. The fourth-order valence-corrected chi connectivity index (χ4v) is 3.88. The number of hydrogen-bond donors (Lipinski definition) is 1. The third-order valence-corrected chi connectivity index (χ3v) is 5.06. The lowest BCUT2D eigenvalue weighted by atomic mass is 10.0. The smallest absolute Gasteiger partial charge is 0.289 e. The van der Waals surface area contributed by atoms with E-state index in [0.29, 0.717) is 12.3 Å². The Labute approximate surface area is 151 Å². The molecule has 0 radical (unpaired) electrons. The van der Waals surface area contributed by atoms with Crippen LogP contribution in [0.25, 0.3) is 0 Å². The molecule has 5 nitrogen and oxygen atoms in total. The number of amides is 1. The van der Waals surface area contributed by atoms with Gasteiger partial charge < -0.3 is 14.4 Å². The van der Waals surface area contributed by atoms with Crippen LogP contribution in [-0.2, 0) is 19.4 Å². The lowest BCUT2D eigenvalue weighted by Crippen LogP contribution is -2.25. The van der Waals surface area contributed by atoms with Crippen LogP contribution in [0.5, 0.6) is 0 Å². The molecule has 0 spiro atoms. The predicted octanol–water partition coefficient (Wildman–Crippen LogP) is 3.01. The minimum atomic E-state index is -1.10. The number of carbonyl (C=O) groups is 1. The molecule has 0 fully saturated rings. The van der Waals surface area contributed by atoms with E-state index in [4.69, 9.17) is 4.42 Å². The maximum atomic E-state index is 12.5. The Bertz CT molecular complexity index is 809. The zero-order chi connectivity index (χ0) is 18.0. The van der Waals surface area contributed by atoms with E-state index >= 15 is 0 Å². The fourth-order valence-electron chi connectivity index (χ4n) is 2.67. The summed E-state index contributed by atoms with van der Waals surface area (Å²) in [6.07, 6.45) is 4.58. The molecule has 2 aromatic rings. The van der Waals surface area contributed by atoms with Crippen molar-refractivity contribution in [2.24, 2.45) is 0 Å². The number of aromatic nitrogens is 1. The van der Waals surface area contributed by atoms with Gasteiger partial charge in [-0.3, -0.25) is 4.79 Å². The Balaban J connectivity index is 1.67. The normalized spacial score (nSPS) is 13.8. The predicted molar refractivity (Wildman–Crippen MR) is 96.4 cm³/mol. The lowest BCUT2D eigenvalue weighted by molar-refractivity contribution is 0.0752. The third kappa shape index (κ3) is 4.50. The SMILES string of the molecule is CN(Cc1nc2c(s1)CCCC2)C(=O)c1ccc(C#CC(C)(C)O)o1. The van der Waals surface area contributed by atoms with Crippen LogP contribution >= 0.6 is 11.3 Å². The second-order valence-electron chi connectivity index (χ2n) is 6.82. The summed E-state index contributed by atoms with van der Waals surface area (Å²) >= 11 is 1.71. The molecule has 1 aliphatic carbocycles. The molecule has 0 unspecified atom stereocenters. The van der Waals surface area contributed by atoms with Crippen LogP contribution in [0.2, 0.25) is 0 Å². The van der Waals surface area contributed by atoms with Crippen molar-refractivity contribution in [3.05, 3.63) is 39.2 Å². The Hall–Kier alpha value is -2.10. The molecule has 1 aliphatic rings. The topological polar surface area (TPSA) is 66.6 Å². The summed E-state index contributed by atoms with van der Waals surface area (Å²) in [5.74, 6) is 5.80. The number of carbonyl (C=O) groups excluding carboxylic acids is 1. The quantitative estimate of drug-likeness (QED) is 0.857. The molecule has 2 heterocycles. The highest BCUT2D eigenvalue weighted by Gasteiger charge is 2.20. The number of aryl methyl sites for hydroxylation is 2. The molecule has 6 heteroatoms. The van der Waals surface area contributed by atoms with Gasteiger partial charge in [-0.2, -0.15) is 0 Å². The van der Waals surface area contributed by atoms with Crippen molar-refractivity contribution in [1.82, 2.24) is 9.88 Å². The Kier molecular flexibility index (Phi) is 4.98. The van der Waals surface area contributed by atoms with Gasteiger partial charge in [0.25, 0.3) is 5.91 Å². The van der Waals surface area contributed by atoms with Crippen LogP contribution in [0.15, 0.2) is 16.5 Å². The van der Waals surface area contributed by atoms with Crippen LogP contribution in [0, 0.1) is 11.8 Å². The highest BCUT2D eigenvalue weighted by atomic mass is 32.1. The zero-order valence-electron chi connectivity index (χ0n) is 14.8. The first-order valence-corrected chi connectivity index (χ1v) is 9.22. The highest BCUT2D eigenvalue weighted by Crippen LogP contribution is 2.27. The number of fused-ring (bicyclic) bond motifs is 1. The maximum Gasteiger partial charge on any atom is 0.289 e. The second kappa shape index (κ2) is 7.03. The lowest BCUT2D eigenvalue weighted by Gasteiger charge is -2.13. The van der Waals surface area contributed by atoms with Gasteiger partial charge in [-0.1, -0.05) is 5.92 Å². The van der Waals surface area contributed by atoms with E-state index in [0.717, 1.165) is 17.8 Å². The number of aliphatic hydroxyl groups is 1.